The maximum Gasteiger partial charge on any atom is 0.341 e. The van der Waals surface area contributed by atoms with Gasteiger partial charge in [0.1, 0.15) is 16.9 Å². The van der Waals surface area contributed by atoms with Crippen LogP contribution in [0.25, 0.3) is 0 Å². The Morgan fingerprint density at radius 1 is 1.38 bits per heavy atom. The Morgan fingerprint density at radius 2 is 2.15 bits per heavy atom. The first kappa shape index (κ1) is 24.5. The number of β-amino-alcohol motifs (C(OH)–C–C–N with tert-alkyl or cyclic N) is 1. The van der Waals surface area contributed by atoms with E-state index in [0.29, 0.717) is 48.9 Å². The van der Waals surface area contributed by atoms with Crippen molar-refractivity contribution in [3.05, 3.63) is 50.4 Å². The summed E-state index contributed by atoms with van der Waals surface area (Å²) in [5.41, 5.74) is 7.64. The minimum absolute atomic E-state index is 0.0902. The third kappa shape index (κ3) is 5.21. The molecule has 2 aliphatic rings. The van der Waals surface area contributed by atoms with Gasteiger partial charge >= 0.3 is 5.97 Å². The molecular weight excluding hydrogens is 460 g/mol. The summed E-state index contributed by atoms with van der Waals surface area (Å²) in [6, 6.07) is 4.68. The largest absolute Gasteiger partial charge is 0.486 e. The Morgan fingerprint density at radius 3 is 2.88 bits per heavy atom. The van der Waals surface area contributed by atoms with E-state index < -0.39 is 17.7 Å². The highest BCUT2D eigenvalue weighted by atomic mass is 35.5. The number of ether oxygens (including phenoxy) is 2. The quantitative estimate of drug-likeness (QED) is 0.466. The number of nitrogen functional groups attached to an aromatic ring is 1. The zero-order chi connectivity index (χ0) is 24.6. The van der Waals surface area contributed by atoms with Crippen molar-refractivity contribution in [3.8, 4) is 5.75 Å². The topological polar surface area (TPSA) is 120 Å². The number of piperidine rings is 1. The van der Waals surface area contributed by atoms with Crippen LogP contribution in [0.3, 0.4) is 0 Å². The smallest absolute Gasteiger partial charge is 0.341 e. The Labute approximate surface area is 203 Å². The lowest BCUT2D eigenvalue weighted by atomic mass is 9.94. The van der Waals surface area contributed by atoms with Crippen molar-refractivity contribution in [2.24, 2.45) is 5.92 Å². The fourth-order valence-corrected chi connectivity index (χ4v) is 4.75. The number of hydrogen-bond donors (Lipinski definition) is 2. The predicted octanol–water partition coefficient (Wildman–Crippen LogP) is 2.04. The van der Waals surface area contributed by atoms with Gasteiger partial charge < -0.3 is 20.3 Å². The van der Waals surface area contributed by atoms with Gasteiger partial charge in [-0.3, -0.25) is 9.69 Å². The van der Waals surface area contributed by atoms with Crippen molar-refractivity contribution < 1.29 is 19.4 Å². The zero-order valence-corrected chi connectivity index (χ0v) is 20.5. The summed E-state index contributed by atoms with van der Waals surface area (Å²) in [4.78, 5) is 26.9. The second-order valence-corrected chi connectivity index (χ2v) is 10.1. The molecule has 1 aromatic carbocycles. The lowest BCUT2D eigenvalue weighted by Gasteiger charge is -2.35. The first-order chi connectivity index (χ1) is 16.0. The fraction of sp³-hybridized carbons (Fsp3) is 0.542. The number of benzene rings is 1. The van der Waals surface area contributed by atoms with E-state index in [4.69, 9.17) is 26.8 Å². The van der Waals surface area contributed by atoms with E-state index in [2.05, 4.69) is 10.00 Å². The van der Waals surface area contributed by atoms with Crippen LogP contribution in [0.5, 0.6) is 5.75 Å². The number of aryl methyl sites for hydroxylation is 1. The molecule has 2 atom stereocenters. The van der Waals surface area contributed by atoms with Crippen molar-refractivity contribution >= 4 is 23.3 Å². The van der Waals surface area contributed by atoms with Gasteiger partial charge in [0.2, 0.25) is 0 Å². The van der Waals surface area contributed by atoms with Crippen LogP contribution >= 0.6 is 11.6 Å². The van der Waals surface area contributed by atoms with Gasteiger partial charge in [-0.2, -0.15) is 5.10 Å². The summed E-state index contributed by atoms with van der Waals surface area (Å²) in [7, 11) is 0. The number of nitrogens with zero attached hydrogens (tertiary/aromatic N) is 3. The number of rotatable bonds is 6. The number of aliphatic hydroxyl groups is 1. The van der Waals surface area contributed by atoms with Crippen molar-refractivity contribution in [2.45, 2.75) is 51.9 Å². The second kappa shape index (κ2) is 9.56. The highest BCUT2D eigenvalue weighted by molar-refractivity contribution is 6.33. The molecule has 2 aromatic rings. The highest BCUT2D eigenvalue weighted by Crippen LogP contribution is 2.44. The Hall–Kier alpha value is -2.62. The maximum atomic E-state index is 12.9. The standard InChI is InChI=1S/C24H31ClN4O5/c1-14-4-5-20(31)29(27-14)9-8-28-7-6-15(19(30)12-28)13-33-23(32)16-10-18(25)21(26)17-11-24(2,3)34-22(16)17/h4-5,10,15,19,30H,6-9,11-13,26H2,1-3H3. The molecule has 0 amide bonds. The minimum Gasteiger partial charge on any atom is -0.486 e. The molecule has 1 aromatic heterocycles. The molecule has 0 aliphatic carbocycles. The number of aromatic nitrogens is 2. The minimum atomic E-state index is -0.653. The second-order valence-electron chi connectivity index (χ2n) is 9.72. The number of anilines is 1. The number of nitrogens with two attached hydrogens (primary N) is 1. The van der Waals surface area contributed by atoms with E-state index in [-0.39, 0.29) is 23.6 Å². The van der Waals surface area contributed by atoms with Gasteiger partial charge in [-0.1, -0.05) is 11.6 Å². The molecule has 3 heterocycles. The molecule has 0 radical (unpaired) electrons. The number of likely N-dealkylation sites (tertiary alicyclic amines) is 1. The molecule has 1 saturated heterocycles. The Balaban J connectivity index is 1.33. The number of fused-ring (bicyclic) bond motifs is 1. The van der Waals surface area contributed by atoms with Gasteiger partial charge in [-0.25, -0.2) is 9.48 Å². The number of carbonyl (C=O) groups is 1. The van der Waals surface area contributed by atoms with E-state index in [0.717, 1.165) is 17.8 Å². The number of esters is 1. The van der Waals surface area contributed by atoms with Crippen molar-refractivity contribution in [1.29, 1.82) is 0 Å². The monoisotopic (exact) mass is 490 g/mol. The van der Waals surface area contributed by atoms with E-state index in [1.54, 1.807) is 6.07 Å². The average Bonchev–Trinajstić information content (AvgIpc) is 3.11. The molecule has 9 nitrogen and oxygen atoms in total. The van der Waals surface area contributed by atoms with Gasteiger partial charge in [0, 0.05) is 37.1 Å². The first-order valence-electron chi connectivity index (χ1n) is 11.5. The molecule has 2 aliphatic heterocycles. The van der Waals surface area contributed by atoms with E-state index >= 15 is 0 Å². The average molecular weight is 491 g/mol. The molecule has 1 fully saturated rings. The molecule has 4 rings (SSSR count). The summed E-state index contributed by atoms with van der Waals surface area (Å²) < 4.78 is 13.0. The van der Waals surface area contributed by atoms with Gasteiger partial charge in [-0.15, -0.1) is 0 Å². The lowest BCUT2D eigenvalue weighted by Crippen LogP contribution is -2.46. The third-order valence-electron chi connectivity index (χ3n) is 6.43. The van der Waals surface area contributed by atoms with E-state index in [1.807, 2.05) is 20.8 Å². The van der Waals surface area contributed by atoms with Gasteiger partial charge in [0.15, 0.2) is 0 Å². The van der Waals surface area contributed by atoms with Gasteiger partial charge in [0.25, 0.3) is 5.56 Å². The van der Waals surface area contributed by atoms with Crippen LogP contribution in [0.2, 0.25) is 5.02 Å². The fourth-order valence-electron chi connectivity index (χ4n) is 4.53. The Bertz CT molecular complexity index is 1150. The number of halogens is 1. The van der Waals surface area contributed by atoms with Crippen LogP contribution in [0.15, 0.2) is 23.0 Å². The van der Waals surface area contributed by atoms with Crippen LogP contribution in [-0.2, 0) is 17.7 Å². The predicted molar refractivity (Wildman–Crippen MR) is 128 cm³/mol. The molecule has 3 N–H and O–H groups in total. The molecule has 34 heavy (non-hydrogen) atoms. The molecule has 184 valence electrons. The molecular formula is C24H31ClN4O5. The molecule has 0 bridgehead atoms. The van der Waals surface area contributed by atoms with E-state index in [9.17, 15) is 14.7 Å². The SMILES string of the molecule is Cc1ccc(=O)n(CCN2CCC(COC(=O)c3cc(Cl)c(N)c4c3OC(C)(C)C4)C(O)C2)n1. The summed E-state index contributed by atoms with van der Waals surface area (Å²) in [5, 5.41) is 15.2. The van der Waals surface area contributed by atoms with Gasteiger partial charge in [0.05, 0.1) is 35.7 Å². The summed E-state index contributed by atoms with van der Waals surface area (Å²) in [6.45, 7) is 7.98. The van der Waals surface area contributed by atoms with E-state index in [1.165, 1.54) is 16.8 Å². The maximum absolute atomic E-state index is 12.9. The van der Waals surface area contributed by atoms with Crippen LogP contribution in [-0.4, -0.2) is 63.7 Å². The summed E-state index contributed by atoms with van der Waals surface area (Å²) >= 11 is 6.26. The summed E-state index contributed by atoms with van der Waals surface area (Å²) in [5.74, 6) is -0.308. The lowest BCUT2D eigenvalue weighted by molar-refractivity contribution is -0.0155. The summed E-state index contributed by atoms with van der Waals surface area (Å²) in [6.07, 6.45) is 0.560. The van der Waals surface area contributed by atoms with Crippen molar-refractivity contribution in [1.82, 2.24) is 14.7 Å². The number of aliphatic hydroxyl groups excluding tert-OH is 1. The number of carbonyl (C=O) groups excluding carboxylic acids is 1. The zero-order valence-electron chi connectivity index (χ0n) is 19.7. The van der Waals surface area contributed by atoms with Crippen molar-refractivity contribution in [2.75, 3.05) is 32.0 Å². The van der Waals surface area contributed by atoms with Crippen LogP contribution in [0.1, 0.15) is 41.9 Å². The van der Waals surface area contributed by atoms with Crippen LogP contribution < -0.4 is 16.0 Å². The molecule has 2 unspecified atom stereocenters. The Kier molecular flexibility index (Phi) is 6.89. The third-order valence-corrected chi connectivity index (χ3v) is 6.75. The first-order valence-corrected chi connectivity index (χ1v) is 11.8. The molecule has 10 heteroatoms. The molecule has 0 saturated carbocycles. The van der Waals surface area contributed by atoms with Crippen LogP contribution in [0.4, 0.5) is 5.69 Å². The highest BCUT2D eigenvalue weighted by Gasteiger charge is 2.37. The number of hydrogen-bond acceptors (Lipinski definition) is 8. The molecule has 0 spiro atoms. The van der Waals surface area contributed by atoms with Gasteiger partial charge in [-0.05, 0) is 45.9 Å². The normalized spacial score (nSPS) is 21.7. The van der Waals surface area contributed by atoms with Crippen LogP contribution in [0, 0.1) is 12.8 Å². The van der Waals surface area contributed by atoms with Crippen molar-refractivity contribution in [3.63, 3.8) is 0 Å².